The van der Waals surface area contributed by atoms with Crippen LogP contribution in [-0.4, -0.2) is 37.5 Å². The van der Waals surface area contributed by atoms with Crippen LogP contribution in [0, 0.1) is 11.8 Å². The van der Waals surface area contributed by atoms with Gasteiger partial charge in [-0.2, -0.15) is 4.31 Å². The summed E-state index contributed by atoms with van der Waals surface area (Å²) in [6, 6.07) is 6.86. The standard InChI is InChI=1S/C14H17NO3S/c1-15(13-9-10-13)19(17,18)14-8-3-2-6-12(14)7-4-5-11-16/h2-3,6,8,13,16H,5,9-11H2,1H3. The van der Waals surface area contributed by atoms with Gasteiger partial charge >= 0.3 is 0 Å². The molecule has 0 unspecified atom stereocenters. The Morgan fingerprint density at radius 1 is 1.37 bits per heavy atom. The zero-order valence-corrected chi connectivity index (χ0v) is 11.7. The molecule has 1 aromatic carbocycles. The highest BCUT2D eigenvalue weighted by molar-refractivity contribution is 7.89. The van der Waals surface area contributed by atoms with Crippen LogP contribution in [0.1, 0.15) is 24.8 Å². The van der Waals surface area contributed by atoms with E-state index < -0.39 is 10.0 Å². The lowest BCUT2D eigenvalue weighted by Gasteiger charge is -2.17. The van der Waals surface area contributed by atoms with Crippen molar-refractivity contribution in [1.29, 1.82) is 0 Å². The number of sulfonamides is 1. The van der Waals surface area contributed by atoms with E-state index in [1.807, 2.05) is 0 Å². The maximum atomic E-state index is 12.5. The van der Waals surface area contributed by atoms with Crippen molar-refractivity contribution in [3.8, 4) is 11.8 Å². The van der Waals surface area contributed by atoms with Gasteiger partial charge in [0.05, 0.1) is 11.5 Å². The normalized spacial score (nSPS) is 15.1. The van der Waals surface area contributed by atoms with Crippen LogP contribution >= 0.6 is 0 Å². The zero-order chi connectivity index (χ0) is 13.9. The first-order chi connectivity index (χ1) is 9.07. The molecule has 0 heterocycles. The first kappa shape index (κ1) is 14.1. The number of aliphatic hydroxyl groups excluding tert-OH is 1. The predicted octanol–water partition coefficient (Wildman–Crippen LogP) is 1.20. The van der Waals surface area contributed by atoms with Gasteiger partial charge in [0.25, 0.3) is 0 Å². The van der Waals surface area contributed by atoms with Gasteiger partial charge in [-0.1, -0.05) is 24.0 Å². The Hall–Kier alpha value is -1.35. The summed E-state index contributed by atoms with van der Waals surface area (Å²) < 4.78 is 26.4. The molecule has 5 heteroatoms. The largest absolute Gasteiger partial charge is 0.395 e. The summed E-state index contributed by atoms with van der Waals surface area (Å²) in [5.74, 6) is 5.58. The fourth-order valence-electron chi connectivity index (χ4n) is 1.80. The van der Waals surface area contributed by atoms with E-state index >= 15 is 0 Å². The number of benzene rings is 1. The predicted molar refractivity (Wildman–Crippen MR) is 73.0 cm³/mol. The van der Waals surface area contributed by atoms with E-state index in [2.05, 4.69) is 11.8 Å². The quantitative estimate of drug-likeness (QED) is 0.843. The van der Waals surface area contributed by atoms with Crippen LogP contribution in [-0.2, 0) is 10.0 Å². The molecule has 1 aliphatic rings. The second-order valence-electron chi connectivity index (χ2n) is 4.52. The van der Waals surface area contributed by atoms with Crippen LogP contribution in [0.2, 0.25) is 0 Å². The highest BCUT2D eigenvalue weighted by Gasteiger charge is 2.35. The average Bonchev–Trinajstić information content (AvgIpc) is 3.23. The highest BCUT2D eigenvalue weighted by atomic mass is 32.2. The van der Waals surface area contributed by atoms with E-state index in [0.717, 1.165) is 12.8 Å². The Morgan fingerprint density at radius 3 is 2.68 bits per heavy atom. The van der Waals surface area contributed by atoms with Crippen LogP contribution in [0.25, 0.3) is 0 Å². The van der Waals surface area contributed by atoms with Gasteiger partial charge in [-0.25, -0.2) is 8.42 Å². The topological polar surface area (TPSA) is 57.6 Å². The summed E-state index contributed by atoms with van der Waals surface area (Å²) >= 11 is 0. The van der Waals surface area contributed by atoms with Crippen molar-refractivity contribution < 1.29 is 13.5 Å². The molecule has 0 bridgehead atoms. The molecule has 2 rings (SSSR count). The molecule has 0 spiro atoms. The van der Waals surface area contributed by atoms with Crippen molar-refractivity contribution >= 4 is 10.0 Å². The maximum Gasteiger partial charge on any atom is 0.244 e. The second kappa shape index (κ2) is 5.74. The highest BCUT2D eigenvalue weighted by Crippen LogP contribution is 2.31. The van der Waals surface area contributed by atoms with E-state index in [4.69, 9.17) is 5.11 Å². The molecule has 1 aromatic rings. The molecule has 4 nitrogen and oxygen atoms in total. The summed E-state index contributed by atoms with van der Waals surface area (Å²) in [4.78, 5) is 0.245. The molecule has 1 aliphatic carbocycles. The summed E-state index contributed by atoms with van der Waals surface area (Å²) in [5.41, 5.74) is 0.489. The molecule has 0 aromatic heterocycles. The molecular weight excluding hydrogens is 262 g/mol. The van der Waals surface area contributed by atoms with E-state index in [-0.39, 0.29) is 17.5 Å². The van der Waals surface area contributed by atoms with Crippen molar-refractivity contribution in [2.24, 2.45) is 0 Å². The van der Waals surface area contributed by atoms with Crippen molar-refractivity contribution in [2.45, 2.75) is 30.2 Å². The lowest BCUT2D eigenvalue weighted by molar-refractivity contribution is 0.305. The van der Waals surface area contributed by atoms with Crippen LogP contribution in [0.5, 0.6) is 0 Å². The molecule has 0 saturated heterocycles. The molecule has 0 radical (unpaired) electrons. The van der Waals surface area contributed by atoms with Gasteiger partial charge in [-0.05, 0) is 25.0 Å². The molecule has 19 heavy (non-hydrogen) atoms. The third-order valence-corrected chi connectivity index (χ3v) is 5.03. The summed E-state index contributed by atoms with van der Waals surface area (Å²) in [6.07, 6.45) is 2.19. The molecule has 1 N–H and O–H groups in total. The van der Waals surface area contributed by atoms with Gasteiger partial charge in [0, 0.05) is 25.1 Å². The smallest absolute Gasteiger partial charge is 0.244 e. The van der Waals surface area contributed by atoms with Crippen molar-refractivity contribution in [3.63, 3.8) is 0 Å². The van der Waals surface area contributed by atoms with Crippen molar-refractivity contribution in [1.82, 2.24) is 4.31 Å². The van der Waals surface area contributed by atoms with Crippen LogP contribution in [0.3, 0.4) is 0 Å². The lowest BCUT2D eigenvalue weighted by Crippen LogP contribution is -2.29. The van der Waals surface area contributed by atoms with Gasteiger partial charge in [0.2, 0.25) is 10.0 Å². The molecule has 0 atom stereocenters. The third kappa shape index (κ3) is 3.16. The fraction of sp³-hybridized carbons (Fsp3) is 0.429. The monoisotopic (exact) mass is 279 g/mol. The van der Waals surface area contributed by atoms with Crippen LogP contribution in [0.15, 0.2) is 29.2 Å². The number of hydrogen-bond acceptors (Lipinski definition) is 3. The fourth-order valence-corrected chi connectivity index (χ4v) is 3.36. The second-order valence-corrected chi connectivity index (χ2v) is 6.49. The molecule has 0 amide bonds. The number of rotatable bonds is 4. The summed E-state index contributed by atoms with van der Waals surface area (Å²) in [5, 5.41) is 8.71. The SMILES string of the molecule is CN(C1CC1)S(=O)(=O)c1ccccc1C#CCCO. The number of nitrogens with zero attached hydrogens (tertiary/aromatic N) is 1. The van der Waals surface area contributed by atoms with E-state index in [9.17, 15) is 8.42 Å². The Morgan fingerprint density at radius 2 is 2.05 bits per heavy atom. The van der Waals surface area contributed by atoms with Crippen LogP contribution in [0.4, 0.5) is 0 Å². The van der Waals surface area contributed by atoms with E-state index in [1.165, 1.54) is 4.31 Å². The minimum absolute atomic E-state index is 0.0239. The van der Waals surface area contributed by atoms with Gasteiger partial charge in [0.1, 0.15) is 0 Å². The average molecular weight is 279 g/mol. The lowest BCUT2D eigenvalue weighted by atomic mass is 10.2. The zero-order valence-electron chi connectivity index (χ0n) is 10.8. The van der Waals surface area contributed by atoms with Crippen LogP contribution < -0.4 is 0 Å². The molecule has 1 fully saturated rings. The first-order valence-electron chi connectivity index (χ1n) is 6.24. The molecular formula is C14H17NO3S. The minimum Gasteiger partial charge on any atom is -0.395 e. The maximum absolute atomic E-state index is 12.5. The van der Waals surface area contributed by atoms with Gasteiger partial charge < -0.3 is 5.11 Å². The van der Waals surface area contributed by atoms with Crippen molar-refractivity contribution in [2.75, 3.05) is 13.7 Å². The summed E-state index contributed by atoms with van der Waals surface area (Å²) in [6.45, 7) is -0.0239. The molecule has 1 saturated carbocycles. The Labute approximate surface area is 114 Å². The first-order valence-corrected chi connectivity index (χ1v) is 7.68. The van der Waals surface area contributed by atoms with Gasteiger partial charge in [-0.3, -0.25) is 0 Å². The van der Waals surface area contributed by atoms with Gasteiger partial charge in [-0.15, -0.1) is 0 Å². The summed E-state index contributed by atoms with van der Waals surface area (Å²) in [7, 11) is -1.86. The molecule has 0 aliphatic heterocycles. The molecule has 102 valence electrons. The Bertz CT molecular complexity index is 609. The Balaban J connectivity index is 2.36. The van der Waals surface area contributed by atoms with Crippen molar-refractivity contribution in [3.05, 3.63) is 29.8 Å². The van der Waals surface area contributed by atoms with E-state index in [0.29, 0.717) is 12.0 Å². The third-order valence-electron chi connectivity index (χ3n) is 3.07. The Kier molecular flexibility index (Phi) is 4.25. The minimum atomic E-state index is -3.48. The number of aliphatic hydroxyl groups is 1. The van der Waals surface area contributed by atoms with Gasteiger partial charge in [0.15, 0.2) is 0 Å². The van der Waals surface area contributed by atoms with E-state index in [1.54, 1.807) is 31.3 Å². The number of hydrogen-bond donors (Lipinski definition) is 1.